The van der Waals surface area contributed by atoms with Crippen LogP contribution in [0.1, 0.15) is 19.8 Å². The lowest BCUT2D eigenvalue weighted by atomic mass is 10.2. The maximum absolute atomic E-state index is 12.1. The van der Waals surface area contributed by atoms with Crippen molar-refractivity contribution in [1.29, 1.82) is 0 Å². The van der Waals surface area contributed by atoms with Gasteiger partial charge in [-0.15, -0.1) is 11.8 Å². The van der Waals surface area contributed by atoms with Crippen LogP contribution >= 0.6 is 11.8 Å². The van der Waals surface area contributed by atoms with Crippen LogP contribution in [0.15, 0.2) is 29.2 Å². The second-order valence-electron chi connectivity index (χ2n) is 4.21. The molecular weight excluding hydrogens is 250 g/mol. The Morgan fingerprint density at radius 3 is 2.89 bits per heavy atom. The molecule has 0 aliphatic carbocycles. The molecule has 2 rings (SSSR count). The molecule has 0 aromatic heterocycles. The summed E-state index contributed by atoms with van der Waals surface area (Å²) >= 11 is 1.56. The number of nitrogens with zero attached hydrogens (tertiary/aromatic N) is 1. The molecule has 1 aliphatic heterocycles. The number of rotatable bonds is 4. The summed E-state index contributed by atoms with van der Waals surface area (Å²) in [6, 6.07) is 7.75. The number of hydrogen-bond acceptors (Lipinski definition) is 3. The Morgan fingerprint density at radius 1 is 1.44 bits per heavy atom. The number of anilines is 1. The van der Waals surface area contributed by atoms with Crippen molar-refractivity contribution in [3.05, 3.63) is 24.3 Å². The van der Waals surface area contributed by atoms with Gasteiger partial charge in [-0.25, -0.2) is 0 Å². The molecular formula is C13H15NO3S. The molecule has 18 heavy (non-hydrogen) atoms. The van der Waals surface area contributed by atoms with Gasteiger partial charge in [0, 0.05) is 17.9 Å². The van der Waals surface area contributed by atoms with E-state index in [1.165, 1.54) is 0 Å². The fourth-order valence-corrected chi connectivity index (χ4v) is 3.04. The Kier molecular flexibility index (Phi) is 3.91. The molecule has 0 saturated heterocycles. The van der Waals surface area contributed by atoms with E-state index in [0.717, 1.165) is 10.6 Å². The first-order chi connectivity index (χ1) is 8.59. The van der Waals surface area contributed by atoms with Gasteiger partial charge in [0.15, 0.2) is 0 Å². The van der Waals surface area contributed by atoms with E-state index in [1.807, 2.05) is 31.2 Å². The molecule has 1 N–H and O–H groups in total. The molecule has 1 unspecified atom stereocenters. The largest absolute Gasteiger partial charge is 0.481 e. The number of thioether (sulfide) groups is 1. The van der Waals surface area contributed by atoms with Crippen LogP contribution < -0.4 is 4.90 Å². The number of aliphatic carboxylic acids is 1. The molecule has 0 bridgehead atoms. The molecule has 1 aromatic carbocycles. The van der Waals surface area contributed by atoms with Crippen LogP contribution in [0.25, 0.3) is 0 Å². The minimum Gasteiger partial charge on any atom is -0.481 e. The smallest absolute Gasteiger partial charge is 0.303 e. The van der Waals surface area contributed by atoms with Crippen molar-refractivity contribution in [1.82, 2.24) is 0 Å². The molecule has 1 amide bonds. The van der Waals surface area contributed by atoms with Gasteiger partial charge in [0.25, 0.3) is 0 Å². The maximum atomic E-state index is 12.1. The average Bonchev–Trinajstić information content (AvgIpc) is 2.33. The lowest BCUT2D eigenvalue weighted by Crippen LogP contribution is -2.40. The monoisotopic (exact) mass is 265 g/mol. The summed E-state index contributed by atoms with van der Waals surface area (Å²) in [5.41, 5.74) is 0.899. The lowest BCUT2D eigenvalue weighted by Gasteiger charge is -2.32. The van der Waals surface area contributed by atoms with Gasteiger partial charge in [-0.05, 0) is 25.5 Å². The Balaban J connectivity index is 2.16. The van der Waals surface area contributed by atoms with Gasteiger partial charge < -0.3 is 10.0 Å². The van der Waals surface area contributed by atoms with Crippen LogP contribution in [-0.2, 0) is 9.59 Å². The van der Waals surface area contributed by atoms with E-state index < -0.39 is 5.97 Å². The van der Waals surface area contributed by atoms with E-state index in [0.29, 0.717) is 13.0 Å². The zero-order chi connectivity index (χ0) is 13.1. The number of benzene rings is 1. The minimum atomic E-state index is -0.824. The standard InChI is InChI=1S/C13H15NO3S/c1-9-13(17)14(8-4-7-12(15)16)10-5-2-3-6-11(10)18-9/h2-3,5-6,9H,4,7-8H2,1H3,(H,15,16). The highest BCUT2D eigenvalue weighted by Crippen LogP contribution is 2.38. The molecule has 0 spiro atoms. The predicted molar refractivity (Wildman–Crippen MR) is 71.0 cm³/mol. The third-order valence-electron chi connectivity index (χ3n) is 2.85. The van der Waals surface area contributed by atoms with E-state index >= 15 is 0 Å². The lowest BCUT2D eigenvalue weighted by molar-refractivity contribution is -0.137. The third-order valence-corrected chi connectivity index (χ3v) is 4.00. The minimum absolute atomic E-state index is 0.0593. The average molecular weight is 265 g/mol. The summed E-state index contributed by atoms with van der Waals surface area (Å²) < 4.78 is 0. The number of hydrogen-bond donors (Lipinski definition) is 1. The van der Waals surface area contributed by atoms with Gasteiger partial charge in [-0.3, -0.25) is 9.59 Å². The van der Waals surface area contributed by atoms with Crippen LogP contribution in [0.5, 0.6) is 0 Å². The maximum Gasteiger partial charge on any atom is 0.303 e. The summed E-state index contributed by atoms with van der Waals surface area (Å²) in [5, 5.41) is 8.54. The van der Waals surface area contributed by atoms with Gasteiger partial charge >= 0.3 is 5.97 Å². The number of carboxylic acid groups (broad SMARTS) is 1. The zero-order valence-corrected chi connectivity index (χ0v) is 10.9. The van der Waals surface area contributed by atoms with E-state index in [1.54, 1.807) is 16.7 Å². The van der Waals surface area contributed by atoms with Gasteiger partial charge in [-0.1, -0.05) is 12.1 Å². The molecule has 5 heteroatoms. The molecule has 0 radical (unpaired) electrons. The SMILES string of the molecule is CC1Sc2ccccc2N(CCCC(=O)O)C1=O. The number of carbonyl (C=O) groups is 2. The summed E-state index contributed by atoms with van der Waals surface area (Å²) in [6.45, 7) is 2.35. The first-order valence-electron chi connectivity index (χ1n) is 5.88. The number of carbonyl (C=O) groups excluding carboxylic acids is 1. The highest BCUT2D eigenvalue weighted by atomic mass is 32.2. The Bertz CT molecular complexity index is 475. The second kappa shape index (κ2) is 5.44. The van der Waals surface area contributed by atoms with E-state index in [2.05, 4.69) is 0 Å². The molecule has 1 atom stereocenters. The Morgan fingerprint density at radius 2 is 2.17 bits per heavy atom. The molecule has 1 aromatic rings. The van der Waals surface area contributed by atoms with E-state index in [-0.39, 0.29) is 17.6 Å². The molecule has 1 heterocycles. The van der Waals surface area contributed by atoms with Crippen molar-refractivity contribution >= 4 is 29.3 Å². The number of carboxylic acids is 1. The normalized spacial score (nSPS) is 18.6. The first-order valence-corrected chi connectivity index (χ1v) is 6.76. The fourth-order valence-electron chi connectivity index (χ4n) is 1.98. The van der Waals surface area contributed by atoms with Crippen molar-refractivity contribution < 1.29 is 14.7 Å². The third kappa shape index (κ3) is 2.67. The Hall–Kier alpha value is -1.49. The predicted octanol–water partition coefficient (Wildman–Crippen LogP) is 2.38. The second-order valence-corrected chi connectivity index (χ2v) is 5.60. The van der Waals surface area contributed by atoms with Crippen molar-refractivity contribution in [2.75, 3.05) is 11.4 Å². The van der Waals surface area contributed by atoms with Crippen molar-refractivity contribution in [2.45, 2.75) is 29.9 Å². The van der Waals surface area contributed by atoms with Crippen LogP contribution in [-0.4, -0.2) is 28.8 Å². The number of fused-ring (bicyclic) bond motifs is 1. The topological polar surface area (TPSA) is 57.6 Å². The summed E-state index contributed by atoms with van der Waals surface area (Å²) in [6.07, 6.45) is 0.570. The number of amides is 1. The van der Waals surface area contributed by atoms with Gasteiger partial charge in [0.2, 0.25) is 5.91 Å². The fraction of sp³-hybridized carbons (Fsp3) is 0.385. The van der Waals surface area contributed by atoms with E-state index in [9.17, 15) is 9.59 Å². The van der Waals surface area contributed by atoms with Crippen LogP contribution in [0.4, 0.5) is 5.69 Å². The molecule has 4 nitrogen and oxygen atoms in total. The van der Waals surface area contributed by atoms with Crippen molar-refractivity contribution in [3.8, 4) is 0 Å². The highest BCUT2D eigenvalue weighted by molar-refractivity contribution is 8.00. The van der Waals surface area contributed by atoms with E-state index in [4.69, 9.17) is 5.11 Å². The summed E-state index contributed by atoms with van der Waals surface area (Å²) in [7, 11) is 0. The van der Waals surface area contributed by atoms with Gasteiger partial charge in [0.1, 0.15) is 0 Å². The first kappa shape index (κ1) is 13.0. The molecule has 0 fully saturated rings. The quantitative estimate of drug-likeness (QED) is 0.908. The molecule has 96 valence electrons. The highest BCUT2D eigenvalue weighted by Gasteiger charge is 2.29. The van der Waals surface area contributed by atoms with Crippen LogP contribution in [0.2, 0.25) is 0 Å². The number of para-hydroxylation sites is 1. The summed E-state index contributed by atoms with van der Waals surface area (Å²) in [4.78, 5) is 25.4. The van der Waals surface area contributed by atoms with Gasteiger partial charge in [-0.2, -0.15) is 0 Å². The molecule has 1 aliphatic rings. The van der Waals surface area contributed by atoms with Crippen molar-refractivity contribution in [2.24, 2.45) is 0 Å². The zero-order valence-electron chi connectivity index (χ0n) is 10.1. The molecule has 0 saturated carbocycles. The van der Waals surface area contributed by atoms with Crippen LogP contribution in [0, 0.1) is 0 Å². The van der Waals surface area contributed by atoms with Gasteiger partial charge in [0.05, 0.1) is 10.9 Å². The van der Waals surface area contributed by atoms with Crippen molar-refractivity contribution in [3.63, 3.8) is 0 Å². The Labute approximate surface area is 110 Å². The summed E-state index contributed by atoms with van der Waals surface area (Å²) in [5.74, 6) is -0.765. The van der Waals surface area contributed by atoms with Crippen LogP contribution in [0.3, 0.4) is 0 Å².